The Balaban J connectivity index is 2.00. The number of hydrogen-bond donors (Lipinski definition) is 1. The largest absolute Gasteiger partial charge is 0.486 e. The summed E-state index contributed by atoms with van der Waals surface area (Å²) in [6.45, 7) is 0.108. The van der Waals surface area contributed by atoms with Crippen LogP contribution in [0.5, 0.6) is 5.75 Å². The Morgan fingerprint density at radius 1 is 1.35 bits per heavy atom. The Morgan fingerprint density at radius 2 is 2.18 bits per heavy atom. The molecule has 2 rings (SSSR count). The van der Waals surface area contributed by atoms with E-state index in [-0.39, 0.29) is 18.2 Å². The average molecular weight is 235 g/mol. The SMILES string of the molecule is NC(=O)c1ccc(COc2cccc(F)c2)o1. The van der Waals surface area contributed by atoms with E-state index in [4.69, 9.17) is 14.9 Å². The van der Waals surface area contributed by atoms with Crippen molar-refractivity contribution in [3.8, 4) is 5.75 Å². The molecule has 1 amide bonds. The maximum Gasteiger partial charge on any atom is 0.284 e. The number of hydrogen-bond acceptors (Lipinski definition) is 3. The van der Waals surface area contributed by atoms with Crippen molar-refractivity contribution in [2.24, 2.45) is 5.73 Å². The van der Waals surface area contributed by atoms with Gasteiger partial charge in [0.25, 0.3) is 5.91 Å². The Labute approximate surface area is 96.8 Å². The second-order valence-electron chi connectivity index (χ2n) is 3.38. The van der Waals surface area contributed by atoms with Crippen molar-refractivity contribution in [1.82, 2.24) is 0 Å². The third kappa shape index (κ3) is 2.84. The average Bonchev–Trinajstić information content (AvgIpc) is 2.75. The van der Waals surface area contributed by atoms with Crippen molar-refractivity contribution < 1.29 is 18.3 Å². The van der Waals surface area contributed by atoms with Crippen LogP contribution in [0.2, 0.25) is 0 Å². The van der Waals surface area contributed by atoms with Gasteiger partial charge in [-0.15, -0.1) is 0 Å². The van der Waals surface area contributed by atoms with Gasteiger partial charge in [0.15, 0.2) is 5.76 Å². The van der Waals surface area contributed by atoms with E-state index in [1.807, 2.05) is 0 Å². The predicted octanol–water partition coefficient (Wildman–Crippen LogP) is 2.10. The van der Waals surface area contributed by atoms with E-state index >= 15 is 0 Å². The van der Waals surface area contributed by atoms with Gasteiger partial charge >= 0.3 is 0 Å². The van der Waals surface area contributed by atoms with Gasteiger partial charge in [0.05, 0.1) is 0 Å². The molecule has 5 heteroatoms. The van der Waals surface area contributed by atoms with Crippen LogP contribution in [0.3, 0.4) is 0 Å². The van der Waals surface area contributed by atoms with Crippen molar-refractivity contribution in [1.29, 1.82) is 0 Å². The molecule has 2 aromatic rings. The van der Waals surface area contributed by atoms with Crippen LogP contribution >= 0.6 is 0 Å². The van der Waals surface area contributed by atoms with Gasteiger partial charge < -0.3 is 14.9 Å². The summed E-state index contributed by atoms with van der Waals surface area (Å²) in [5.41, 5.74) is 5.03. The number of primary amides is 1. The standard InChI is InChI=1S/C12H10FNO3/c13-8-2-1-3-9(6-8)16-7-10-4-5-11(17-10)12(14)15/h1-6H,7H2,(H2,14,15). The molecule has 1 aromatic heterocycles. The van der Waals surface area contributed by atoms with E-state index in [0.29, 0.717) is 11.5 Å². The van der Waals surface area contributed by atoms with E-state index in [1.165, 1.54) is 18.2 Å². The molecule has 0 radical (unpaired) electrons. The molecule has 2 N–H and O–H groups in total. The lowest BCUT2D eigenvalue weighted by Gasteiger charge is -2.03. The number of nitrogens with two attached hydrogens (primary N) is 1. The molecule has 1 heterocycles. The van der Waals surface area contributed by atoms with Gasteiger partial charge in [0, 0.05) is 6.07 Å². The van der Waals surface area contributed by atoms with E-state index in [0.717, 1.165) is 0 Å². The van der Waals surface area contributed by atoms with Gasteiger partial charge in [-0.05, 0) is 24.3 Å². The number of rotatable bonds is 4. The molecule has 4 nitrogen and oxygen atoms in total. The molecule has 0 aliphatic heterocycles. The zero-order valence-electron chi connectivity index (χ0n) is 8.85. The van der Waals surface area contributed by atoms with Crippen LogP contribution < -0.4 is 10.5 Å². The minimum Gasteiger partial charge on any atom is -0.486 e. The van der Waals surface area contributed by atoms with Gasteiger partial charge in [-0.2, -0.15) is 0 Å². The Morgan fingerprint density at radius 3 is 2.82 bits per heavy atom. The van der Waals surface area contributed by atoms with Crippen LogP contribution in [0.15, 0.2) is 40.8 Å². The molecule has 0 saturated heterocycles. The second-order valence-corrected chi connectivity index (χ2v) is 3.38. The number of carbonyl (C=O) groups is 1. The first kappa shape index (κ1) is 11.2. The Kier molecular flexibility index (Phi) is 3.09. The molecule has 0 fully saturated rings. The van der Waals surface area contributed by atoms with Crippen LogP contribution in [0.4, 0.5) is 4.39 Å². The molecule has 88 valence electrons. The zero-order valence-corrected chi connectivity index (χ0v) is 8.85. The Hall–Kier alpha value is -2.30. The number of ether oxygens (including phenoxy) is 1. The van der Waals surface area contributed by atoms with Crippen LogP contribution in [0.25, 0.3) is 0 Å². The van der Waals surface area contributed by atoms with E-state index < -0.39 is 5.91 Å². The fraction of sp³-hybridized carbons (Fsp3) is 0.0833. The monoisotopic (exact) mass is 235 g/mol. The summed E-state index contributed by atoms with van der Waals surface area (Å²) in [4.78, 5) is 10.8. The molecule has 1 aromatic carbocycles. The van der Waals surface area contributed by atoms with Crippen molar-refractivity contribution in [2.45, 2.75) is 6.61 Å². The number of furan rings is 1. The smallest absolute Gasteiger partial charge is 0.284 e. The lowest BCUT2D eigenvalue weighted by Crippen LogP contribution is -2.09. The van der Waals surface area contributed by atoms with E-state index in [9.17, 15) is 9.18 Å². The molecule has 0 saturated carbocycles. The number of carbonyl (C=O) groups excluding carboxylic acids is 1. The summed E-state index contributed by atoms with van der Waals surface area (Å²) >= 11 is 0. The van der Waals surface area contributed by atoms with Gasteiger partial charge in [0.1, 0.15) is 23.9 Å². The minimum absolute atomic E-state index is 0.0721. The number of amides is 1. The van der Waals surface area contributed by atoms with E-state index in [2.05, 4.69) is 0 Å². The molecule has 17 heavy (non-hydrogen) atoms. The van der Waals surface area contributed by atoms with E-state index in [1.54, 1.807) is 18.2 Å². The molecule has 0 unspecified atom stereocenters. The van der Waals surface area contributed by atoms with Crippen molar-refractivity contribution in [2.75, 3.05) is 0 Å². The highest BCUT2D eigenvalue weighted by molar-refractivity contribution is 5.89. The Bertz CT molecular complexity index is 536. The summed E-state index contributed by atoms with van der Waals surface area (Å²) in [5, 5.41) is 0. The normalized spacial score (nSPS) is 10.2. The highest BCUT2D eigenvalue weighted by Crippen LogP contribution is 2.15. The fourth-order valence-corrected chi connectivity index (χ4v) is 1.30. The molecular formula is C12H10FNO3. The maximum absolute atomic E-state index is 12.8. The van der Waals surface area contributed by atoms with Gasteiger partial charge in [-0.1, -0.05) is 6.07 Å². The van der Waals surface area contributed by atoms with Crippen LogP contribution in [0.1, 0.15) is 16.3 Å². The van der Waals surface area contributed by atoms with Gasteiger partial charge in [-0.3, -0.25) is 4.79 Å². The first-order valence-electron chi connectivity index (χ1n) is 4.92. The van der Waals surface area contributed by atoms with Crippen LogP contribution in [-0.2, 0) is 6.61 Å². The topological polar surface area (TPSA) is 65.5 Å². The molecule has 0 aliphatic rings. The minimum atomic E-state index is -0.637. The number of benzene rings is 1. The lowest BCUT2D eigenvalue weighted by molar-refractivity contribution is 0.0970. The zero-order chi connectivity index (χ0) is 12.3. The summed E-state index contributed by atoms with van der Waals surface area (Å²) < 4.78 is 23.2. The quantitative estimate of drug-likeness (QED) is 0.882. The summed E-state index contributed by atoms with van der Waals surface area (Å²) in [7, 11) is 0. The molecule has 0 atom stereocenters. The maximum atomic E-state index is 12.8. The van der Waals surface area contributed by atoms with Gasteiger partial charge in [-0.25, -0.2) is 4.39 Å². The summed E-state index contributed by atoms with van der Waals surface area (Å²) in [6, 6.07) is 8.80. The van der Waals surface area contributed by atoms with Crippen LogP contribution in [0, 0.1) is 5.82 Å². The molecular weight excluding hydrogens is 225 g/mol. The third-order valence-corrected chi connectivity index (χ3v) is 2.08. The first-order chi connectivity index (χ1) is 8.15. The van der Waals surface area contributed by atoms with Crippen LogP contribution in [-0.4, -0.2) is 5.91 Å². The highest BCUT2D eigenvalue weighted by Gasteiger charge is 2.07. The lowest BCUT2D eigenvalue weighted by atomic mass is 10.3. The van der Waals surface area contributed by atoms with Gasteiger partial charge in [0.2, 0.25) is 0 Å². The molecule has 0 bridgehead atoms. The second kappa shape index (κ2) is 4.69. The first-order valence-corrected chi connectivity index (χ1v) is 4.92. The van der Waals surface area contributed by atoms with Crippen molar-refractivity contribution >= 4 is 5.91 Å². The highest BCUT2D eigenvalue weighted by atomic mass is 19.1. The predicted molar refractivity (Wildman–Crippen MR) is 58.0 cm³/mol. The fourth-order valence-electron chi connectivity index (χ4n) is 1.30. The number of halogens is 1. The van der Waals surface area contributed by atoms with Crippen molar-refractivity contribution in [3.05, 3.63) is 53.7 Å². The molecule has 0 aliphatic carbocycles. The van der Waals surface area contributed by atoms with Crippen molar-refractivity contribution in [3.63, 3.8) is 0 Å². The molecule has 0 spiro atoms. The summed E-state index contributed by atoms with van der Waals surface area (Å²) in [6.07, 6.45) is 0. The summed E-state index contributed by atoms with van der Waals surface area (Å²) in [5.74, 6) is -0.102. The third-order valence-electron chi connectivity index (χ3n) is 2.08.